The van der Waals surface area contributed by atoms with Crippen LogP contribution in [0.3, 0.4) is 0 Å². The Morgan fingerprint density at radius 1 is 1.31 bits per heavy atom. The Hall–Kier alpha value is -1.35. The summed E-state index contributed by atoms with van der Waals surface area (Å²) in [5.41, 5.74) is 9.16. The molecule has 0 aliphatic rings. The Bertz CT molecular complexity index is 485. The van der Waals surface area contributed by atoms with Crippen LogP contribution in [0.2, 0.25) is 0 Å². The van der Waals surface area contributed by atoms with Crippen LogP contribution in [0.25, 0.3) is 11.0 Å². The third-order valence-corrected chi connectivity index (χ3v) is 3.09. The summed E-state index contributed by atoms with van der Waals surface area (Å²) in [5.74, 6) is 1.06. The number of hydrogen-bond donors (Lipinski definition) is 1. The molecule has 2 aromatic rings. The first-order valence-electron chi connectivity index (χ1n) is 5.84. The van der Waals surface area contributed by atoms with Gasteiger partial charge in [-0.1, -0.05) is 6.07 Å². The Kier molecular flexibility index (Phi) is 3.25. The van der Waals surface area contributed by atoms with E-state index < -0.39 is 0 Å². The van der Waals surface area contributed by atoms with E-state index in [0.717, 1.165) is 37.1 Å². The van der Waals surface area contributed by atoms with E-state index in [-0.39, 0.29) is 0 Å². The topological polar surface area (TPSA) is 43.8 Å². The van der Waals surface area contributed by atoms with Gasteiger partial charge in [0, 0.05) is 7.05 Å². The molecule has 1 aromatic carbocycles. The normalized spacial score (nSPS) is 11.2. The zero-order chi connectivity index (χ0) is 11.5. The smallest absolute Gasteiger partial charge is 0.106 e. The first-order chi connectivity index (χ1) is 7.72. The number of imidazole rings is 1. The van der Waals surface area contributed by atoms with Gasteiger partial charge >= 0.3 is 0 Å². The Morgan fingerprint density at radius 3 is 2.88 bits per heavy atom. The highest BCUT2D eigenvalue weighted by Crippen LogP contribution is 2.17. The Labute approximate surface area is 96.3 Å². The minimum atomic E-state index is 0.783. The van der Waals surface area contributed by atoms with Crippen molar-refractivity contribution < 1.29 is 0 Å². The molecule has 2 rings (SSSR count). The summed E-state index contributed by atoms with van der Waals surface area (Å²) in [6.07, 6.45) is 3.36. The Morgan fingerprint density at radius 2 is 2.12 bits per heavy atom. The summed E-state index contributed by atoms with van der Waals surface area (Å²) in [5, 5.41) is 0. The van der Waals surface area contributed by atoms with Crippen LogP contribution >= 0.6 is 0 Å². The molecule has 16 heavy (non-hydrogen) atoms. The molecule has 0 atom stereocenters. The summed E-state index contributed by atoms with van der Waals surface area (Å²) >= 11 is 0. The van der Waals surface area contributed by atoms with Gasteiger partial charge in [-0.05, 0) is 50.4 Å². The highest BCUT2D eigenvalue weighted by molar-refractivity contribution is 5.76. The molecule has 86 valence electrons. The van der Waals surface area contributed by atoms with Gasteiger partial charge in [0.25, 0.3) is 0 Å². The molecule has 3 nitrogen and oxygen atoms in total. The van der Waals surface area contributed by atoms with Crippen LogP contribution in [0.1, 0.15) is 24.2 Å². The molecular formula is C13H19N3. The van der Waals surface area contributed by atoms with Crippen molar-refractivity contribution in [3.05, 3.63) is 29.6 Å². The maximum atomic E-state index is 5.49. The van der Waals surface area contributed by atoms with Gasteiger partial charge in [0.1, 0.15) is 5.82 Å². The van der Waals surface area contributed by atoms with E-state index in [9.17, 15) is 0 Å². The number of aryl methyl sites for hydroxylation is 3. The second-order valence-corrected chi connectivity index (χ2v) is 4.29. The van der Waals surface area contributed by atoms with Crippen molar-refractivity contribution in [3.63, 3.8) is 0 Å². The van der Waals surface area contributed by atoms with Crippen LogP contribution in [0.15, 0.2) is 18.2 Å². The molecule has 2 N–H and O–H groups in total. The number of hydrogen-bond acceptors (Lipinski definition) is 2. The zero-order valence-electron chi connectivity index (χ0n) is 10.0. The molecule has 0 bridgehead atoms. The largest absolute Gasteiger partial charge is 0.331 e. The molecule has 0 radical (unpaired) electrons. The lowest BCUT2D eigenvalue weighted by molar-refractivity contribution is 0.745. The molecule has 0 saturated heterocycles. The van der Waals surface area contributed by atoms with Gasteiger partial charge in [-0.15, -0.1) is 0 Å². The summed E-state index contributed by atoms with van der Waals surface area (Å²) in [7, 11) is 2.05. The van der Waals surface area contributed by atoms with Crippen LogP contribution in [-0.2, 0) is 13.5 Å². The lowest BCUT2D eigenvalue weighted by Gasteiger charge is -2.01. The Balaban J connectivity index is 2.23. The van der Waals surface area contributed by atoms with Gasteiger partial charge in [-0.2, -0.15) is 0 Å². The SMILES string of the molecule is Cc1nc2cc(CCCCN)ccc2n1C. The van der Waals surface area contributed by atoms with Gasteiger partial charge in [-0.25, -0.2) is 4.98 Å². The third kappa shape index (κ3) is 2.09. The molecule has 0 unspecified atom stereocenters. The maximum Gasteiger partial charge on any atom is 0.106 e. The standard InChI is InChI=1S/C13H19N3/c1-10-15-12-9-11(5-3-4-8-14)6-7-13(12)16(10)2/h6-7,9H,3-5,8,14H2,1-2H3. The van der Waals surface area contributed by atoms with Crippen molar-refractivity contribution in [3.8, 4) is 0 Å². The molecule has 0 fully saturated rings. The van der Waals surface area contributed by atoms with Crippen molar-refractivity contribution in [1.82, 2.24) is 9.55 Å². The molecule has 1 aromatic heterocycles. The highest BCUT2D eigenvalue weighted by atomic mass is 15.0. The number of nitrogens with two attached hydrogens (primary N) is 1. The number of rotatable bonds is 4. The minimum Gasteiger partial charge on any atom is -0.331 e. The average molecular weight is 217 g/mol. The third-order valence-electron chi connectivity index (χ3n) is 3.09. The van der Waals surface area contributed by atoms with E-state index in [1.165, 1.54) is 11.1 Å². The number of benzene rings is 1. The van der Waals surface area contributed by atoms with E-state index in [0.29, 0.717) is 0 Å². The van der Waals surface area contributed by atoms with Gasteiger partial charge < -0.3 is 10.3 Å². The quantitative estimate of drug-likeness (QED) is 0.798. The first kappa shape index (κ1) is 11.1. The van der Waals surface area contributed by atoms with Crippen molar-refractivity contribution in [2.24, 2.45) is 12.8 Å². The molecule has 0 amide bonds. The lowest BCUT2D eigenvalue weighted by Crippen LogP contribution is -1.98. The van der Waals surface area contributed by atoms with Gasteiger partial charge in [0.2, 0.25) is 0 Å². The molecule has 0 spiro atoms. The average Bonchev–Trinajstić information content (AvgIpc) is 2.55. The zero-order valence-corrected chi connectivity index (χ0v) is 10.0. The van der Waals surface area contributed by atoms with Crippen molar-refractivity contribution in [1.29, 1.82) is 0 Å². The van der Waals surface area contributed by atoms with E-state index >= 15 is 0 Å². The van der Waals surface area contributed by atoms with E-state index in [2.05, 4.69) is 34.8 Å². The van der Waals surface area contributed by atoms with Crippen molar-refractivity contribution in [2.45, 2.75) is 26.2 Å². The number of nitrogens with zero attached hydrogens (tertiary/aromatic N) is 2. The minimum absolute atomic E-state index is 0.783. The molecule has 0 aliphatic heterocycles. The van der Waals surface area contributed by atoms with Crippen LogP contribution in [0.4, 0.5) is 0 Å². The fraction of sp³-hybridized carbons (Fsp3) is 0.462. The summed E-state index contributed by atoms with van der Waals surface area (Å²) in [6, 6.07) is 6.55. The van der Waals surface area contributed by atoms with Crippen molar-refractivity contribution in [2.75, 3.05) is 6.54 Å². The predicted molar refractivity (Wildman–Crippen MR) is 67.4 cm³/mol. The monoisotopic (exact) mass is 217 g/mol. The molecule has 0 saturated carbocycles. The van der Waals surface area contributed by atoms with Gasteiger partial charge in [-0.3, -0.25) is 0 Å². The predicted octanol–water partition coefficient (Wildman–Crippen LogP) is 2.16. The number of fused-ring (bicyclic) bond motifs is 1. The van der Waals surface area contributed by atoms with E-state index in [1.807, 2.05) is 6.92 Å². The van der Waals surface area contributed by atoms with Crippen LogP contribution in [0.5, 0.6) is 0 Å². The molecule has 3 heteroatoms. The van der Waals surface area contributed by atoms with Crippen LogP contribution in [0, 0.1) is 6.92 Å². The van der Waals surface area contributed by atoms with Gasteiger partial charge in [0.15, 0.2) is 0 Å². The van der Waals surface area contributed by atoms with Crippen molar-refractivity contribution >= 4 is 11.0 Å². The maximum absolute atomic E-state index is 5.49. The number of unbranched alkanes of at least 4 members (excludes halogenated alkanes) is 1. The number of aromatic nitrogens is 2. The second kappa shape index (κ2) is 4.66. The van der Waals surface area contributed by atoms with Gasteiger partial charge in [0.05, 0.1) is 11.0 Å². The fourth-order valence-corrected chi connectivity index (χ4v) is 1.99. The molecule has 1 heterocycles. The summed E-state index contributed by atoms with van der Waals surface area (Å²) in [4.78, 5) is 4.54. The lowest BCUT2D eigenvalue weighted by atomic mass is 10.1. The molecular weight excluding hydrogens is 198 g/mol. The second-order valence-electron chi connectivity index (χ2n) is 4.29. The van der Waals surface area contributed by atoms with E-state index in [4.69, 9.17) is 5.73 Å². The fourth-order valence-electron chi connectivity index (χ4n) is 1.99. The molecule has 0 aliphatic carbocycles. The van der Waals surface area contributed by atoms with Crippen LogP contribution in [-0.4, -0.2) is 16.1 Å². The highest BCUT2D eigenvalue weighted by Gasteiger charge is 2.04. The van der Waals surface area contributed by atoms with Crippen LogP contribution < -0.4 is 5.73 Å². The first-order valence-corrected chi connectivity index (χ1v) is 5.84. The van der Waals surface area contributed by atoms with E-state index in [1.54, 1.807) is 0 Å². The summed E-state index contributed by atoms with van der Waals surface area (Å²) < 4.78 is 2.12. The summed E-state index contributed by atoms with van der Waals surface area (Å²) in [6.45, 7) is 2.82.